The molecule has 2 aromatic carbocycles. The molecule has 8 heteroatoms. The summed E-state index contributed by atoms with van der Waals surface area (Å²) in [6.45, 7) is 3.58. The van der Waals surface area contributed by atoms with Gasteiger partial charge in [0.15, 0.2) is 0 Å². The van der Waals surface area contributed by atoms with Gasteiger partial charge in [-0.1, -0.05) is 0 Å². The number of rotatable bonds is 7. The average molecular weight is 448 g/mol. The Balaban J connectivity index is 2.13. The van der Waals surface area contributed by atoms with Crippen molar-refractivity contribution in [3.05, 3.63) is 59.7 Å². The van der Waals surface area contributed by atoms with Crippen LogP contribution in [0.5, 0.6) is 0 Å². The molecular formula is C19H19N3O3SSe. The van der Waals surface area contributed by atoms with Gasteiger partial charge in [0, 0.05) is 0 Å². The van der Waals surface area contributed by atoms with Crippen LogP contribution in [0, 0.1) is 11.3 Å². The molecule has 0 heterocycles. The number of carbonyl (C=O) groups is 2. The van der Waals surface area contributed by atoms with E-state index in [-0.39, 0.29) is 19.7 Å². The molecule has 0 unspecified atom stereocenters. The van der Waals surface area contributed by atoms with Crippen molar-refractivity contribution in [3.63, 3.8) is 0 Å². The van der Waals surface area contributed by atoms with Gasteiger partial charge >= 0.3 is 167 Å². The zero-order chi connectivity index (χ0) is 20.0. The SMILES string of the molecule is CC(C)(S[Se]c1ccccc1C(=O)Nc1ccc(C#N)cc1)[C@@H](N)C(=O)O. The van der Waals surface area contributed by atoms with Gasteiger partial charge in [-0.05, 0) is 0 Å². The molecule has 0 saturated heterocycles. The van der Waals surface area contributed by atoms with E-state index in [0.29, 0.717) is 16.8 Å². The molecule has 0 spiro atoms. The summed E-state index contributed by atoms with van der Waals surface area (Å²) in [4.78, 5) is 23.8. The predicted molar refractivity (Wildman–Crippen MR) is 108 cm³/mol. The van der Waals surface area contributed by atoms with Crippen LogP contribution in [0.25, 0.3) is 0 Å². The van der Waals surface area contributed by atoms with Gasteiger partial charge in [-0.3, -0.25) is 0 Å². The molecule has 0 aliphatic carbocycles. The number of carboxylic acid groups (broad SMARTS) is 1. The van der Waals surface area contributed by atoms with Crippen molar-refractivity contribution in [1.82, 2.24) is 0 Å². The van der Waals surface area contributed by atoms with E-state index in [1.165, 1.54) is 10.2 Å². The summed E-state index contributed by atoms with van der Waals surface area (Å²) in [5.74, 6) is -1.30. The Morgan fingerprint density at radius 1 is 1.22 bits per heavy atom. The van der Waals surface area contributed by atoms with E-state index >= 15 is 0 Å². The summed E-state index contributed by atoms with van der Waals surface area (Å²) in [5.41, 5.74) is 7.42. The van der Waals surface area contributed by atoms with E-state index in [1.807, 2.05) is 18.2 Å². The maximum atomic E-state index is 12.7. The van der Waals surface area contributed by atoms with Gasteiger partial charge in [-0.2, -0.15) is 0 Å². The maximum absolute atomic E-state index is 12.7. The molecule has 2 aromatic rings. The van der Waals surface area contributed by atoms with Crippen LogP contribution in [0.1, 0.15) is 29.8 Å². The van der Waals surface area contributed by atoms with Crippen molar-refractivity contribution in [3.8, 4) is 6.07 Å². The zero-order valence-electron chi connectivity index (χ0n) is 14.8. The van der Waals surface area contributed by atoms with Gasteiger partial charge in [0.05, 0.1) is 0 Å². The van der Waals surface area contributed by atoms with E-state index in [4.69, 9.17) is 16.1 Å². The van der Waals surface area contributed by atoms with Gasteiger partial charge in [-0.25, -0.2) is 0 Å². The zero-order valence-corrected chi connectivity index (χ0v) is 17.3. The van der Waals surface area contributed by atoms with Gasteiger partial charge in [-0.15, -0.1) is 0 Å². The number of amides is 1. The van der Waals surface area contributed by atoms with Gasteiger partial charge in [0.2, 0.25) is 0 Å². The first-order valence-electron chi connectivity index (χ1n) is 7.99. The Morgan fingerprint density at radius 3 is 2.44 bits per heavy atom. The molecule has 2 rings (SSSR count). The second kappa shape index (κ2) is 9.07. The molecular weight excluding hydrogens is 429 g/mol. The Hall–Kier alpha value is -2.30. The Morgan fingerprint density at radius 2 is 1.85 bits per heavy atom. The third-order valence-electron chi connectivity index (χ3n) is 3.76. The quantitative estimate of drug-likeness (QED) is 0.558. The molecule has 0 saturated carbocycles. The van der Waals surface area contributed by atoms with Crippen molar-refractivity contribution in [1.29, 1.82) is 5.26 Å². The fourth-order valence-electron chi connectivity index (χ4n) is 2.05. The number of hydrogen-bond donors (Lipinski definition) is 3. The molecule has 0 aromatic heterocycles. The van der Waals surface area contributed by atoms with Crippen LogP contribution in [0.2, 0.25) is 0 Å². The summed E-state index contributed by atoms with van der Waals surface area (Å²) in [6.07, 6.45) is 0. The van der Waals surface area contributed by atoms with Crippen molar-refractivity contribution in [2.75, 3.05) is 5.32 Å². The van der Waals surface area contributed by atoms with Gasteiger partial charge in [0.1, 0.15) is 0 Å². The summed E-state index contributed by atoms with van der Waals surface area (Å²) in [7, 11) is 1.45. The molecule has 4 N–H and O–H groups in total. The number of hydrogen-bond acceptors (Lipinski definition) is 5. The Bertz CT molecular complexity index is 879. The molecule has 1 atom stereocenters. The Labute approximate surface area is 167 Å². The number of benzene rings is 2. The number of nitrogens with zero attached hydrogens (tertiary/aromatic N) is 1. The molecule has 1 amide bonds. The average Bonchev–Trinajstić information content (AvgIpc) is 2.66. The number of carbonyl (C=O) groups excluding carboxylic acids is 1. The summed E-state index contributed by atoms with van der Waals surface area (Å²) < 4.78 is 0.189. The fourth-order valence-corrected chi connectivity index (χ4v) is 6.70. The van der Waals surface area contributed by atoms with Crippen LogP contribution < -0.4 is 15.5 Å². The normalized spacial score (nSPS) is 12.1. The third-order valence-corrected chi connectivity index (χ3v) is 9.82. The van der Waals surface area contributed by atoms with Crippen molar-refractivity contribution < 1.29 is 14.7 Å². The van der Waals surface area contributed by atoms with E-state index < -0.39 is 16.8 Å². The number of nitrogens with one attached hydrogen (secondary N) is 1. The van der Waals surface area contributed by atoms with Crippen molar-refractivity contribution in [2.45, 2.75) is 24.6 Å². The van der Waals surface area contributed by atoms with Gasteiger partial charge < -0.3 is 0 Å². The predicted octanol–water partition coefficient (Wildman–Crippen LogP) is 1.98. The molecule has 0 bridgehead atoms. The van der Waals surface area contributed by atoms with Crippen LogP contribution in [-0.2, 0) is 4.79 Å². The first-order valence-corrected chi connectivity index (χ1v) is 11.7. The monoisotopic (exact) mass is 449 g/mol. The van der Waals surface area contributed by atoms with Crippen LogP contribution in [-0.4, -0.2) is 41.6 Å². The molecule has 0 radical (unpaired) electrons. The van der Waals surface area contributed by atoms with Crippen LogP contribution in [0.4, 0.5) is 5.69 Å². The Kier molecular flexibility index (Phi) is 7.05. The van der Waals surface area contributed by atoms with Crippen molar-refractivity contribution in [2.24, 2.45) is 5.73 Å². The van der Waals surface area contributed by atoms with Crippen LogP contribution in [0.15, 0.2) is 48.5 Å². The number of nitriles is 1. The molecule has 140 valence electrons. The number of anilines is 1. The first kappa shape index (κ1) is 21.0. The third kappa shape index (κ3) is 5.59. The second-order valence-electron chi connectivity index (χ2n) is 6.23. The van der Waals surface area contributed by atoms with E-state index in [2.05, 4.69) is 5.32 Å². The molecule has 6 nitrogen and oxygen atoms in total. The second-order valence-corrected chi connectivity index (χ2v) is 10.6. The summed E-state index contributed by atoms with van der Waals surface area (Å²) >= 11 is -0.199. The van der Waals surface area contributed by atoms with Crippen molar-refractivity contribution >= 4 is 46.0 Å². The molecule has 27 heavy (non-hydrogen) atoms. The molecule has 0 aliphatic rings. The van der Waals surface area contributed by atoms with Crippen LogP contribution in [0.3, 0.4) is 0 Å². The van der Waals surface area contributed by atoms with E-state index in [9.17, 15) is 9.59 Å². The van der Waals surface area contributed by atoms with E-state index in [1.54, 1.807) is 50.2 Å². The topological polar surface area (TPSA) is 116 Å². The minimum atomic E-state index is -1.05. The molecule has 0 aliphatic heterocycles. The number of nitrogens with two attached hydrogens (primary N) is 1. The van der Waals surface area contributed by atoms with Crippen LogP contribution >= 0.6 is 10.2 Å². The molecule has 0 fully saturated rings. The summed E-state index contributed by atoms with van der Waals surface area (Å²) in [6, 6.07) is 14.9. The van der Waals surface area contributed by atoms with Gasteiger partial charge in [0.25, 0.3) is 0 Å². The van der Waals surface area contributed by atoms with E-state index in [0.717, 1.165) is 4.46 Å². The fraction of sp³-hybridized carbons (Fsp3) is 0.211. The number of carboxylic acids is 1. The minimum absolute atomic E-state index is 0.199. The number of aliphatic carboxylic acids is 1. The standard InChI is InChI=1S/C19H19N3O3SSe/c1-19(2,16(21)18(24)25)26-27-15-6-4-3-5-14(15)17(23)22-13-9-7-12(11-20)8-10-13/h3-10,16H,21H2,1-2H3,(H,22,23)(H,24,25)/t16-/m0/s1. The summed E-state index contributed by atoms with van der Waals surface area (Å²) in [5, 5.41) is 20.8. The first-order chi connectivity index (χ1) is 12.7.